The standard InChI is InChI=1S/C20H30N6O/c1-3-5-10-25-11-12-26-17(15-25)13-16(24-26)14-22-20(27)23-18(4-2)19-8-6-7-9-21-19/h6-9,13,18H,3-5,10-12,14-15H2,1-2H3,(H2,22,23,27)/t18-/m0/s1. The van der Waals surface area contributed by atoms with Gasteiger partial charge in [0, 0.05) is 19.3 Å². The van der Waals surface area contributed by atoms with E-state index in [0.717, 1.165) is 44.0 Å². The van der Waals surface area contributed by atoms with Crippen LogP contribution in [0.5, 0.6) is 0 Å². The molecule has 2 aromatic rings. The van der Waals surface area contributed by atoms with E-state index in [1.54, 1.807) is 6.20 Å². The molecule has 0 radical (unpaired) electrons. The molecule has 2 N–H and O–H groups in total. The Morgan fingerprint density at radius 2 is 2.19 bits per heavy atom. The Hall–Kier alpha value is -2.41. The van der Waals surface area contributed by atoms with E-state index < -0.39 is 0 Å². The molecule has 0 aliphatic carbocycles. The van der Waals surface area contributed by atoms with Crippen LogP contribution in [0.4, 0.5) is 4.79 Å². The summed E-state index contributed by atoms with van der Waals surface area (Å²) in [7, 11) is 0. The molecular weight excluding hydrogens is 340 g/mol. The molecule has 1 aliphatic rings. The molecule has 0 fully saturated rings. The van der Waals surface area contributed by atoms with Crippen LogP contribution in [0.2, 0.25) is 0 Å². The number of pyridine rings is 1. The second-order valence-electron chi connectivity index (χ2n) is 7.02. The summed E-state index contributed by atoms with van der Waals surface area (Å²) in [4.78, 5) is 19.1. The maximum absolute atomic E-state index is 12.3. The number of amides is 2. The molecule has 3 heterocycles. The number of carbonyl (C=O) groups excluding carboxylic acids is 1. The number of nitrogens with one attached hydrogen (secondary N) is 2. The SMILES string of the molecule is CCCCN1CCn2nc(CNC(=O)N[C@@H](CC)c3ccccn3)cc2C1. The van der Waals surface area contributed by atoms with E-state index in [9.17, 15) is 4.79 Å². The van der Waals surface area contributed by atoms with Crippen LogP contribution in [0.1, 0.15) is 56.2 Å². The minimum Gasteiger partial charge on any atom is -0.332 e. The van der Waals surface area contributed by atoms with Gasteiger partial charge in [0.15, 0.2) is 0 Å². The van der Waals surface area contributed by atoms with E-state index in [1.165, 1.54) is 18.5 Å². The van der Waals surface area contributed by atoms with Crippen molar-refractivity contribution in [2.75, 3.05) is 13.1 Å². The van der Waals surface area contributed by atoms with E-state index in [0.29, 0.717) is 6.54 Å². The van der Waals surface area contributed by atoms with Crippen molar-refractivity contribution in [1.29, 1.82) is 0 Å². The summed E-state index contributed by atoms with van der Waals surface area (Å²) in [5, 5.41) is 10.5. The Morgan fingerprint density at radius 1 is 1.30 bits per heavy atom. The van der Waals surface area contributed by atoms with Crippen molar-refractivity contribution < 1.29 is 4.79 Å². The molecule has 0 saturated carbocycles. The Kier molecular flexibility index (Phi) is 6.81. The van der Waals surface area contributed by atoms with Gasteiger partial charge >= 0.3 is 6.03 Å². The molecule has 2 amide bonds. The number of aromatic nitrogens is 3. The molecule has 0 unspecified atom stereocenters. The molecule has 0 saturated heterocycles. The summed E-state index contributed by atoms with van der Waals surface area (Å²) < 4.78 is 2.07. The smallest absolute Gasteiger partial charge is 0.315 e. The van der Waals surface area contributed by atoms with Crippen molar-refractivity contribution in [3.8, 4) is 0 Å². The largest absolute Gasteiger partial charge is 0.332 e. The van der Waals surface area contributed by atoms with E-state index in [-0.39, 0.29) is 12.1 Å². The highest BCUT2D eigenvalue weighted by Crippen LogP contribution is 2.15. The van der Waals surface area contributed by atoms with Gasteiger partial charge in [-0.1, -0.05) is 26.3 Å². The zero-order valence-electron chi connectivity index (χ0n) is 16.3. The summed E-state index contributed by atoms with van der Waals surface area (Å²) in [5.41, 5.74) is 3.01. The summed E-state index contributed by atoms with van der Waals surface area (Å²) in [5.74, 6) is 0. The lowest BCUT2D eigenvalue weighted by atomic mass is 10.1. The van der Waals surface area contributed by atoms with Crippen molar-refractivity contribution in [1.82, 2.24) is 30.3 Å². The minimum absolute atomic E-state index is 0.0893. The number of unbranched alkanes of at least 4 members (excludes halogenated alkanes) is 1. The fourth-order valence-electron chi connectivity index (χ4n) is 3.39. The first-order valence-corrected chi connectivity index (χ1v) is 9.92. The van der Waals surface area contributed by atoms with Gasteiger partial charge in [-0.05, 0) is 37.6 Å². The van der Waals surface area contributed by atoms with Gasteiger partial charge in [-0.3, -0.25) is 14.6 Å². The molecule has 27 heavy (non-hydrogen) atoms. The number of carbonyl (C=O) groups is 1. The van der Waals surface area contributed by atoms with Crippen LogP contribution in [0.15, 0.2) is 30.5 Å². The minimum atomic E-state index is -0.192. The molecule has 7 nitrogen and oxygen atoms in total. The Bertz CT molecular complexity index is 729. The van der Waals surface area contributed by atoms with Gasteiger partial charge in [0.25, 0.3) is 0 Å². The van der Waals surface area contributed by atoms with Gasteiger partial charge in [0.05, 0.1) is 36.2 Å². The van der Waals surface area contributed by atoms with Crippen LogP contribution >= 0.6 is 0 Å². The van der Waals surface area contributed by atoms with Crippen LogP contribution in [-0.2, 0) is 19.6 Å². The molecule has 3 rings (SSSR count). The molecule has 1 aliphatic heterocycles. The van der Waals surface area contributed by atoms with Gasteiger partial charge in [-0.2, -0.15) is 5.10 Å². The molecule has 0 bridgehead atoms. The van der Waals surface area contributed by atoms with Crippen molar-refractivity contribution >= 4 is 6.03 Å². The van der Waals surface area contributed by atoms with Crippen molar-refractivity contribution in [3.63, 3.8) is 0 Å². The maximum atomic E-state index is 12.3. The molecule has 146 valence electrons. The lowest BCUT2D eigenvalue weighted by Crippen LogP contribution is -2.37. The monoisotopic (exact) mass is 370 g/mol. The first-order chi connectivity index (χ1) is 13.2. The van der Waals surface area contributed by atoms with E-state index in [2.05, 4.69) is 43.3 Å². The molecule has 7 heteroatoms. The first kappa shape index (κ1) is 19.4. The van der Waals surface area contributed by atoms with Gasteiger partial charge < -0.3 is 10.6 Å². The van der Waals surface area contributed by atoms with Crippen LogP contribution in [0, 0.1) is 0 Å². The van der Waals surface area contributed by atoms with Crippen LogP contribution < -0.4 is 10.6 Å². The third kappa shape index (κ3) is 5.29. The van der Waals surface area contributed by atoms with Gasteiger partial charge in [-0.25, -0.2) is 4.79 Å². The second kappa shape index (κ2) is 9.50. The Labute approximate surface area is 161 Å². The molecule has 0 spiro atoms. The number of rotatable bonds is 8. The lowest BCUT2D eigenvalue weighted by molar-refractivity contribution is 0.210. The topological polar surface area (TPSA) is 75.1 Å². The number of urea groups is 1. The molecular formula is C20H30N6O. The number of hydrogen-bond donors (Lipinski definition) is 2. The fourth-order valence-corrected chi connectivity index (χ4v) is 3.39. The predicted molar refractivity (Wildman–Crippen MR) is 105 cm³/mol. The fraction of sp³-hybridized carbons (Fsp3) is 0.550. The van der Waals surface area contributed by atoms with Crippen LogP contribution in [-0.4, -0.2) is 38.8 Å². The zero-order valence-corrected chi connectivity index (χ0v) is 16.3. The number of nitrogens with zero attached hydrogens (tertiary/aromatic N) is 4. The van der Waals surface area contributed by atoms with Crippen LogP contribution in [0.25, 0.3) is 0 Å². The Balaban J connectivity index is 1.50. The zero-order chi connectivity index (χ0) is 19.1. The lowest BCUT2D eigenvalue weighted by Gasteiger charge is -2.27. The van der Waals surface area contributed by atoms with Crippen molar-refractivity contribution in [2.24, 2.45) is 0 Å². The van der Waals surface area contributed by atoms with Crippen LogP contribution in [0.3, 0.4) is 0 Å². The Morgan fingerprint density at radius 3 is 2.93 bits per heavy atom. The van der Waals surface area contributed by atoms with Gasteiger partial charge in [0.1, 0.15) is 0 Å². The van der Waals surface area contributed by atoms with Gasteiger partial charge in [0.2, 0.25) is 0 Å². The first-order valence-electron chi connectivity index (χ1n) is 9.92. The normalized spacial score (nSPS) is 15.2. The second-order valence-corrected chi connectivity index (χ2v) is 7.02. The average molecular weight is 371 g/mol. The average Bonchev–Trinajstić information content (AvgIpc) is 3.11. The highest BCUT2D eigenvalue weighted by atomic mass is 16.2. The third-order valence-electron chi connectivity index (χ3n) is 4.94. The summed E-state index contributed by atoms with van der Waals surface area (Å²) in [6.45, 7) is 8.74. The van der Waals surface area contributed by atoms with E-state index in [1.807, 2.05) is 25.1 Å². The molecule has 2 aromatic heterocycles. The summed E-state index contributed by atoms with van der Waals surface area (Å²) in [6, 6.07) is 7.57. The van der Waals surface area contributed by atoms with Crippen molar-refractivity contribution in [2.45, 2.75) is 58.8 Å². The van der Waals surface area contributed by atoms with E-state index >= 15 is 0 Å². The highest BCUT2D eigenvalue weighted by Gasteiger charge is 2.18. The maximum Gasteiger partial charge on any atom is 0.315 e. The predicted octanol–water partition coefficient (Wildman–Crippen LogP) is 2.84. The number of hydrogen-bond acceptors (Lipinski definition) is 4. The molecule has 0 aromatic carbocycles. The highest BCUT2D eigenvalue weighted by molar-refractivity contribution is 5.74. The number of fused-ring (bicyclic) bond motifs is 1. The van der Waals surface area contributed by atoms with E-state index in [4.69, 9.17) is 0 Å². The van der Waals surface area contributed by atoms with Gasteiger partial charge in [-0.15, -0.1) is 0 Å². The molecule has 1 atom stereocenters. The third-order valence-corrected chi connectivity index (χ3v) is 4.94. The summed E-state index contributed by atoms with van der Waals surface area (Å²) in [6.07, 6.45) is 4.99. The quantitative estimate of drug-likeness (QED) is 0.749. The summed E-state index contributed by atoms with van der Waals surface area (Å²) >= 11 is 0. The van der Waals surface area contributed by atoms with Crippen molar-refractivity contribution in [3.05, 3.63) is 47.5 Å².